The van der Waals surface area contributed by atoms with Gasteiger partial charge in [-0.3, -0.25) is 0 Å². The Hall–Kier alpha value is -0.820. The molecule has 1 aromatic rings. The molecule has 1 nitrogen and oxygen atoms in total. The Morgan fingerprint density at radius 3 is 2.80 bits per heavy atom. The van der Waals surface area contributed by atoms with E-state index in [4.69, 9.17) is 0 Å². The summed E-state index contributed by atoms with van der Waals surface area (Å²) in [5.74, 6) is 1.52. The number of hydrogen-bond acceptors (Lipinski definition) is 1. The lowest BCUT2D eigenvalue weighted by Gasteiger charge is -2.33. The van der Waals surface area contributed by atoms with E-state index in [2.05, 4.69) is 50.1 Å². The summed E-state index contributed by atoms with van der Waals surface area (Å²) in [6.07, 6.45) is 1.31. The minimum atomic E-state index is 0.736. The maximum atomic E-state index is 2.44. The van der Waals surface area contributed by atoms with Gasteiger partial charge in [-0.2, -0.15) is 0 Å². The fraction of sp³-hybridized carbons (Fsp3) is 0.571. The Labute approximate surface area is 93.1 Å². The van der Waals surface area contributed by atoms with Crippen LogP contribution in [-0.4, -0.2) is 18.5 Å². The Balaban J connectivity index is 2.26. The minimum Gasteiger partial charge on any atom is -0.301 e. The molecule has 0 aromatic heterocycles. The number of fused-ring (bicyclic) bond motifs is 1. The van der Waals surface area contributed by atoms with Gasteiger partial charge in [-0.25, -0.2) is 0 Å². The third-order valence-electron chi connectivity index (χ3n) is 3.22. The molecule has 0 saturated carbocycles. The summed E-state index contributed by atoms with van der Waals surface area (Å²) in [7, 11) is 2.23. The number of likely N-dealkylation sites (N-methyl/N-ethyl adjacent to an activating group) is 1. The maximum Gasteiger partial charge on any atom is 0.0233 e. The van der Waals surface area contributed by atoms with E-state index in [1.807, 2.05) is 0 Å². The molecule has 1 aliphatic rings. The summed E-state index contributed by atoms with van der Waals surface area (Å²) >= 11 is 0. The lowest BCUT2D eigenvalue weighted by molar-refractivity contribution is 0.264. The van der Waals surface area contributed by atoms with Crippen molar-refractivity contribution in [2.24, 2.45) is 5.92 Å². The molecular weight excluding hydrogens is 182 g/mol. The highest BCUT2D eigenvalue weighted by molar-refractivity contribution is 5.32. The summed E-state index contributed by atoms with van der Waals surface area (Å²) in [6, 6.07) is 8.93. The molecule has 1 heterocycles. The summed E-state index contributed by atoms with van der Waals surface area (Å²) < 4.78 is 0. The molecule has 2 rings (SSSR count). The minimum absolute atomic E-state index is 0.736. The molecule has 0 fully saturated rings. The molecule has 82 valence electrons. The second-order valence-corrected chi connectivity index (χ2v) is 5.22. The van der Waals surface area contributed by atoms with Crippen molar-refractivity contribution in [3.05, 3.63) is 35.4 Å². The third kappa shape index (κ3) is 2.40. The molecule has 1 heteroatoms. The van der Waals surface area contributed by atoms with Crippen LogP contribution in [0.25, 0.3) is 0 Å². The van der Waals surface area contributed by atoms with E-state index in [0.717, 1.165) is 18.4 Å². The smallest absolute Gasteiger partial charge is 0.0233 e. The van der Waals surface area contributed by atoms with Gasteiger partial charge in [0.25, 0.3) is 0 Å². The lowest BCUT2D eigenvalue weighted by Crippen LogP contribution is -2.30. The molecule has 0 aliphatic carbocycles. The monoisotopic (exact) mass is 203 g/mol. The molecule has 0 spiro atoms. The average Bonchev–Trinajstić information content (AvgIpc) is 2.16. The predicted octanol–water partition coefficient (Wildman–Crippen LogP) is 3.26. The van der Waals surface area contributed by atoms with Gasteiger partial charge in [0.15, 0.2) is 0 Å². The molecule has 1 aliphatic heterocycles. The van der Waals surface area contributed by atoms with Crippen LogP contribution in [0.15, 0.2) is 24.3 Å². The second kappa shape index (κ2) is 4.36. The fourth-order valence-corrected chi connectivity index (χ4v) is 2.68. The Kier molecular flexibility index (Phi) is 3.11. The zero-order valence-electron chi connectivity index (χ0n) is 10.0. The largest absolute Gasteiger partial charge is 0.301 e. The van der Waals surface area contributed by atoms with Gasteiger partial charge in [0, 0.05) is 13.1 Å². The van der Waals surface area contributed by atoms with Crippen LogP contribution in [0.3, 0.4) is 0 Å². The van der Waals surface area contributed by atoms with Gasteiger partial charge in [-0.1, -0.05) is 38.1 Å². The van der Waals surface area contributed by atoms with Gasteiger partial charge in [0.05, 0.1) is 0 Å². The quantitative estimate of drug-likeness (QED) is 0.713. The molecule has 0 amide bonds. The van der Waals surface area contributed by atoms with Crippen molar-refractivity contribution >= 4 is 0 Å². The molecule has 0 radical (unpaired) electrons. The van der Waals surface area contributed by atoms with Crippen molar-refractivity contribution in [3.8, 4) is 0 Å². The molecule has 1 aromatic carbocycles. The normalized spacial score (nSPS) is 21.7. The molecule has 0 bridgehead atoms. The first-order chi connectivity index (χ1) is 7.16. The fourth-order valence-electron chi connectivity index (χ4n) is 2.68. The Bertz CT molecular complexity index is 330. The lowest BCUT2D eigenvalue weighted by atomic mass is 9.84. The van der Waals surface area contributed by atoms with Gasteiger partial charge in [0.2, 0.25) is 0 Å². The number of hydrogen-bond donors (Lipinski definition) is 0. The van der Waals surface area contributed by atoms with Crippen LogP contribution in [0.5, 0.6) is 0 Å². The van der Waals surface area contributed by atoms with Crippen LogP contribution in [0, 0.1) is 5.92 Å². The van der Waals surface area contributed by atoms with Crippen LogP contribution >= 0.6 is 0 Å². The van der Waals surface area contributed by atoms with Crippen LogP contribution in [0.2, 0.25) is 0 Å². The number of rotatable bonds is 2. The second-order valence-electron chi connectivity index (χ2n) is 5.22. The number of benzene rings is 1. The van der Waals surface area contributed by atoms with Crippen LogP contribution in [0.4, 0.5) is 0 Å². The van der Waals surface area contributed by atoms with Gasteiger partial charge in [-0.15, -0.1) is 0 Å². The summed E-state index contributed by atoms with van der Waals surface area (Å²) in [6.45, 7) is 6.97. The van der Waals surface area contributed by atoms with E-state index >= 15 is 0 Å². The van der Waals surface area contributed by atoms with Crippen LogP contribution in [0.1, 0.15) is 37.3 Å². The Morgan fingerprint density at radius 2 is 2.07 bits per heavy atom. The van der Waals surface area contributed by atoms with E-state index in [9.17, 15) is 0 Å². The van der Waals surface area contributed by atoms with E-state index in [1.165, 1.54) is 18.5 Å². The van der Waals surface area contributed by atoms with Gasteiger partial charge in [-0.05, 0) is 36.4 Å². The highest BCUT2D eigenvalue weighted by atomic mass is 15.1. The molecule has 0 unspecified atom stereocenters. The van der Waals surface area contributed by atoms with Crippen molar-refractivity contribution in [2.45, 2.75) is 32.7 Å². The zero-order valence-corrected chi connectivity index (χ0v) is 10.0. The van der Waals surface area contributed by atoms with Gasteiger partial charge >= 0.3 is 0 Å². The van der Waals surface area contributed by atoms with Crippen molar-refractivity contribution in [1.82, 2.24) is 4.90 Å². The first kappa shape index (κ1) is 10.7. The maximum absolute atomic E-state index is 2.44. The van der Waals surface area contributed by atoms with E-state index < -0.39 is 0 Å². The first-order valence-corrected chi connectivity index (χ1v) is 5.93. The molecular formula is C14H21N. The standard InChI is InChI=1S/C14H21N/c1-11(2)8-13-10-15(3)9-12-6-4-5-7-14(12)13/h4-7,11,13H,8-10H2,1-3H3/t13-/m0/s1. The first-order valence-electron chi connectivity index (χ1n) is 5.93. The van der Waals surface area contributed by atoms with Crippen LogP contribution < -0.4 is 0 Å². The molecule has 1 atom stereocenters. The van der Waals surface area contributed by atoms with Crippen molar-refractivity contribution < 1.29 is 0 Å². The highest BCUT2D eigenvalue weighted by Gasteiger charge is 2.23. The van der Waals surface area contributed by atoms with E-state index in [0.29, 0.717) is 0 Å². The third-order valence-corrected chi connectivity index (χ3v) is 3.22. The molecule has 15 heavy (non-hydrogen) atoms. The Morgan fingerprint density at radius 1 is 1.33 bits per heavy atom. The van der Waals surface area contributed by atoms with Crippen LogP contribution in [-0.2, 0) is 6.54 Å². The van der Waals surface area contributed by atoms with Gasteiger partial charge < -0.3 is 4.90 Å². The van der Waals surface area contributed by atoms with E-state index in [-0.39, 0.29) is 0 Å². The van der Waals surface area contributed by atoms with Gasteiger partial charge in [0.1, 0.15) is 0 Å². The highest BCUT2D eigenvalue weighted by Crippen LogP contribution is 2.31. The summed E-state index contributed by atoms with van der Waals surface area (Å²) in [4.78, 5) is 2.44. The zero-order chi connectivity index (χ0) is 10.8. The van der Waals surface area contributed by atoms with E-state index in [1.54, 1.807) is 5.56 Å². The van der Waals surface area contributed by atoms with Crippen molar-refractivity contribution in [3.63, 3.8) is 0 Å². The average molecular weight is 203 g/mol. The molecule has 0 saturated heterocycles. The molecule has 0 N–H and O–H groups in total. The summed E-state index contributed by atoms with van der Waals surface area (Å²) in [5, 5.41) is 0. The van der Waals surface area contributed by atoms with Crippen molar-refractivity contribution in [2.75, 3.05) is 13.6 Å². The topological polar surface area (TPSA) is 3.24 Å². The predicted molar refractivity (Wildman–Crippen MR) is 65.0 cm³/mol. The number of nitrogens with zero attached hydrogens (tertiary/aromatic N) is 1. The SMILES string of the molecule is CC(C)C[C@H]1CN(C)Cc2ccccc21. The van der Waals surface area contributed by atoms with Crippen molar-refractivity contribution in [1.29, 1.82) is 0 Å². The summed E-state index contributed by atoms with van der Waals surface area (Å²) in [5.41, 5.74) is 3.11.